The Bertz CT molecular complexity index is 517. The smallest absolute Gasteiger partial charge is 0.255 e. The van der Waals surface area contributed by atoms with Crippen LogP contribution in [-0.4, -0.2) is 11.0 Å². The number of benzene rings is 1. The van der Waals surface area contributed by atoms with Gasteiger partial charge in [-0.2, -0.15) is 0 Å². The Morgan fingerprint density at radius 2 is 2.24 bits per heavy atom. The normalized spacial score (nSPS) is 10.2. The van der Waals surface area contributed by atoms with E-state index in [9.17, 15) is 9.90 Å². The van der Waals surface area contributed by atoms with Crippen molar-refractivity contribution in [2.24, 2.45) is 0 Å². The molecule has 2 N–H and O–H groups in total. The minimum absolute atomic E-state index is 0.0136. The van der Waals surface area contributed by atoms with E-state index < -0.39 is 0 Å². The highest BCUT2D eigenvalue weighted by molar-refractivity contribution is 5.96. The molecule has 0 fully saturated rings. The van der Waals surface area contributed by atoms with Crippen molar-refractivity contribution in [1.29, 1.82) is 0 Å². The number of aromatic hydroxyl groups is 1. The van der Waals surface area contributed by atoms with Crippen LogP contribution in [-0.2, 0) is 6.54 Å². The van der Waals surface area contributed by atoms with Crippen molar-refractivity contribution < 1.29 is 14.3 Å². The van der Waals surface area contributed by atoms with Crippen molar-refractivity contribution in [3.63, 3.8) is 0 Å². The van der Waals surface area contributed by atoms with Gasteiger partial charge >= 0.3 is 0 Å². The third kappa shape index (κ3) is 2.66. The van der Waals surface area contributed by atoms with E-state index in [2.05, 4.69) is 5.32 Å². The summed E-state index contributed by atoms with van der Waals surface area (Å²) in [6.45, 7) is 2.25. The second kappa shape index (κ2) is 4.74. The molecule has 4 nitrogen and oxygen atoms in total. The maximum absolute atomic E-state index is 11.8. The lowest BCUT2D eigenvalue weighted by Crippen LogP contribution is -2.22. The van der Waals surface area contributed by atoms with Crippen molar-refractivity contribution in [3.8, 4) is 5.75 Å². The monoisotopic (exact) mass is 231 g/mol. The lowest BCUT2D eigenvalue weighted by atomic mass is 10.1. The predicted octanol–water partition coefficient (Wildman–Crippen LogP) is 2.22. The first-order valence-electron chi connectivity index (χ1n) is 5.25. The lowest BCUT2D eigenvalue weighted by Gasteiger charge is -2.06. The maximum Gasteiger partial charge on any atom is 0.255 e. The van der Waals surface area contributed by atoms with Gasteiger partial charge in [-0.15, -0.1) is 0 Å². The highest BCUT2D eigenvalue weighted by Gasteiger charge is 2.10. The van der Waals surface area contributed by atoms with Crippen molar-refractivity contribution >= 4 is 5.91 Å². The zero-order valence-corrected chi connectivity index (χ0v) is 9.43. The first kappa shape index (κ1) is 11.3. The topological polar surface area (TPSA) is 62.5 Å². The van der Waals surface area contributed by atoms with Gasteiger partial charge in [0.25, 0.3) is 5.91 Å². The summed E-state index contributed by atoms with van der Waals surface area (Å²) in [6, 6.07) is 6.70. The minimum Gasteiger partial charge on any atom is -0.507 e. The summed E-state index contributed by atoms with van der Waals surface area (Å²) in [5, 5.41) is 12.3. The molecular weight excluding hydrogens is 218 g/mol. The maximum atomic E-state index is 11.8. The Morgan fingerprint density at radius 3 is 2.94 bits per heavy atom. The molecule has 0 atom stereocenters. The van der Waals surface area contributed by atoms with Crippen LogP contribution in [0.2, 0.25) is 0 Å². The fourth-order valence-corrected chi connectivity index (χ4v) is 1.50. The summed E-state index contributed by atoms with van der Waals surface area (Å²) >= 11 is 0. The number of nitrogens with one attached hydrogen (secondary N) is 1. The van der Waals surface area contributed by atoms with E-state index in [1.54, 1.807) is 30.7 Å². The molecule has 0 aliphatic heterocycles. The number of furan rings is 1. The molecule has 0 saturated carbocycles. The Labute approximate surface area is 98.9 Å². The molecule has 1 aromatic carbocycles. The van der Waals surface area contributed by atoms with Crippen LogP contribution in [0, 0.1) is 6.92 Å². The summed E-state index contributed by atoms with van der Waals surface area (Å²) < 4.78 is 4.89. The quantitative estimate of drug-likeness (QED) is 0.851. The number of amides is 1. The molecule has 0 aliphatic rings. The highest BCUT2D eigenvalue weighted by Crippen LogP contribution is 2.18. The first-order valence-corrected chi connectivity index (χ1v) is 5.25. The third-order valence-electron chi connectivity index (χ3n) is 2.43. The van der Waals surface area contributed by atoms with Crippen molar-refractivity contribution in [1.82, 2.24) is 5.32 Å². The van der Waals surface area contributed by atoms with E-state index in [1.165, 1.54) is 6.07 Å². The van der Waals surface area contributed by atoms with Gasteiger partial charge in [-0.1, -0.05) is 11.6 Å². The number of hydrogen-bond donors (Lipinski definition) is 2. The molecule has 0 radical (unpaired) electrons. The molecule has 1 aromatic heterocycles. The molecule has 0 aliphatic carbocycles. The van der Waals surface area contributed by atoms with Gasteiger partial charge in [-0.25, -0.2) is 0 Å². The van der Waals surface area contributed by atoms with Gasteiger partial charge in [0.15, 0.2) is 0 Å². The molecule has 2 aromatic rings. The van der Waals surface area contributed by atoms with Crippen LogP contribution in [0.3, 0.4) is 0 Å². The highest BCUT2D eigenvalue weighted by atomic mass is 16.3. The zero-order chi connectivity index (χ0) is 12.3. The second-order valence-electron chi connectivity index (χ2n) is 3.83. The van der Waals surface area contributed by atoms with E-state index in [-0.39, 0.29) is 17.2 Å². The average Bonchev–Trinajstić information content (AvgIpc) is 2.82. The van der Waals surface area contributed by atoms with E-state index in [0.29, 0.717) is 6.54 Å². The van der Waals surface area contributed by atoms with Gasteiger partial charge in [0.05, 0.1) is 18.1 Å². The molecule has 4 heteroatoms. The third-order valence-corrected chi connectivity index (χ3v) is 2.43. The van der Waals surface area contributed by atoms with Gasteiger partial charge < -0.3 is 14.8 Å². The Hall–Kier alpha value is -2.23. The van der Waals surface area contributed by atoms with E-state index >= 15 is 0 Å². The molecule has 2 rings (SSSR count). The lowest BCUT2D eigenvalue weighted by molar-refractivity contribution is 0.0948. The SMILES string of the molecule is Cc1ccc(O)c(C(=O)NCc2ccoc2)c1. The number of aryl methyl sites for hydroxylation is 1. The van der Waals surface area contributed by atoms with Crippen molar-refractivity contribution in [2.75, 3.05) is 0 Å². The molecule has 0 unspecified atom stereocenters. The van der Waals surface area contributed by atoms with Crippen LogP contribution < -0.4 is 5.32 Å². The summed E-state index contributed by atoms with van der Waals surface area (Å²) in [5.74, 6) is -0.312. The number of hydrogen-bond acceptors (Lipinski definition) is 3. The summed E-state index contributed by atoms with van der Waals surface area (Å²) in [4.78, 5) is 11.8. The summed E-state index contributed by atoms with van der Waals surface area (Å²) in [5.41, 5.74) is 2.09. The standard InChI is InChI=1S/C13H13NO3/c1-9-2-3-12(15)11(6-9)13(16)14-7-10-4-5-17-8-10/h2-6,8,15H,7H2,1H3,(H,14,16). The Morgan fingerprint density at radius 1 is 1.41 bits per heavy atom. The zero-order valence-electron chi connectivity index (χ0n) is 9.43. The second-order valence-corrected chi connectivity index (χ2v) is 3.83. The molecule has 0 saturated heterocycles. The van der Waals surface area contributed by atoms with Crippen LogP contribution in [0.25, 0.3) is 0 Å². The van der Waals surface area contributed by atoms with Crippen molar-refractivity contribution in [2.45, 2.75) is 13.5 Å². The van der Waals surface area contributed by atoms with Gasteiger partial charge in [0.2, 0.25) is 0 Å². The average molecular weight is 231 g/mol. The molecule has 17 heavy (non-hydrogen) atoms. The largest absolute Gasteiger partial charge is 0.507 e. The van der Waals surface area contributed by atoms with Gasteiger partial charge in [0.1, 0.15) is 5.75 Å². The number of rotatable bonds is 3. The van der Waals surface area contributed by atoms with Gasteiger partial charge in [0, 0.05) is 12.1 Å². The van der Waals surface area contributed by atoms with Crippen LogP contribution in [0.5, 0.6) is 5.75 Å². The van der Waals surface area contributed by atoms with Crippen LogP contribution in [0.4, 0.5) is 0 Å². The Balaban J connectivity index is 2.07. The van der Waals surface area contributed by atoms with Crippen molar-refractivity contribution in [3.05, 3.63) is 53.5 Å². The molecule has 1 amide bonds. The molecule has 0 spiro atoms. The van der Waals surface area contributed by atoms with Gasteiger partial charge in [-0.05, 0) is 25.1 Å². The first-order chi connectivity index (χ1) is 8.16. The number of carbonyl (C=O) groups is 1. The molecular formula is C13H13NO3. The summed E-state index contributed by atoms with van der Waals surface area (Å²) in [7, 11) is 0. The number of carbonyl (C=O) groups excluding carboxylic acids is 1. The van der Waals surface area contributed by atoms with Crippen LogP contribution >= 0.6 is 0 Å². The predicted molar refractivity (Wildman–Crippen MR) is 62.7 cm³/mol. The number of phenolic OH excluding ortho intramolecular Hbond substituents is 1. The van der Waals surface area contributed by atoms with Crippen LogP contribution in [0.1, 0.15) is 21.5 Å². The minimum atomic E-state index is -0.299. The number of phenols is 1. The molecule has 88 valence electrons. The summed E-state index contributed by atoms with van der Waals surface area (Å²) in [6.07, 6.45) is 3.11. The van der Waals surface area contributed by atoms with E-state index in [0.717, 1.165) is 11.1 Å². The van der Waals surface area contributed by atoms with Gasteiger partial charge in [-0.3, -0.25) is 4.79 Å². The van der Waals surface area contributed by atoms with E-state index in [1.807, 2.05) is 6.92 Å². The Kier molecular flexibility index (Phi) is 3.14. The van der Waals surface area contributed by atoms with Crippen LogP contribution in [0.15, 0.2) is 41.2 Å². The van der Waals surface area contributed by atoms with E-state index in [4.69, 9.17) is 4.42 Å². The molecule has 0 bridgehead atoms. The molecule has 1 heterocycles. The fraction of sp³-hybridized carbons (Fsp3) is 0.154. The fourth-order valence-electron chi connectivity index (χ4n) is 1.50.